The van der Waals surface area contributed by atoms with Crippen LogP contribution in [-0.4, -0.2) is 24.1 Å². The second-order valence-electron chi connectivity index (χ2n) is 10.3. The van der Waals surface area contributed by atoms with Gasteiger partial charge in [-0.1, -0.05) is 48.0 Å². The lowest BCUT2D eigenvalue weighted by Crippen LogP contribution is -2.45. The van der Waals surface area contributed by atoms with Crippen molar-refractivity contribution in [3.63, 3.8) is 0 Å². The molecule has 4 heteroatoms. The van der Waals surface area contributed by atoms with Gasteiger partial charge in [-0.3, -0.25) is 4.79 Å². The number of ether oxygens (including phenoxy) is 2. The van der Waals surface area contributed by atoms with Crippen molar-refractivity contribution in [1.82, 2.24) is 0 Å². The Morgan fingerprint density at radius 1 is 1.04 bits per heavy atom. The van der Waals surface area contributed by atoms with Crippen LogP contribution in [-0.2, 0) is 19.1 Å². The Balaban J connectivity index is 1.98. The van der Waals surface area contributed by atoms with Crippen LogP contribution in [0.4, 0.5) is 0 Å². The van der Waals surface area contributed by atoms with Gasteiger partial charge in [-0.15, -0.1) is 0 Å². The lowest BCUT2D eigenvalue weighted by Gasteiger charge is -2.41. The Hall–Kier alpha value is -1.06. The summed E-state index contributed by atoms with van der Waals surface area (Å²) >= 11 is 0. The molecule has 2 bridgehead atoms. The normalized spacial score (nSPS) is 26.5. The van der Waals surface area contributed by atoms with Gasteiger partial charge < -0.3 is 9.47 Å². The van der Waals surface area contributed by atoms with Gasteiger partial charge in [0.05, 0.1) is 5.41 Å². The van der Waals surface area contributed by atoms with E-state index in [2.05, 4.69) is 27.7 Å². The fourth-order valence-corrected chi connectivity index (χ4v) is 5.83. The quantitative estimate of drug-likeness (QED) is 0.441. The number of fused-ring (bicyclic) bond motifs is 2. The molecule has 162 valence electrons. The van der Waals surface area contributed by atoms with Crippen LogP contribution in [0.2, 0.25) is 0 Å². The van der Waals surface area contributed by atoms with E-state index in [4.69, 9.17) is 9.47 Å². The second kappa shape index (κ2) is 9.17. The van der Waals surface area contributed by atoms with E-state index < -0.39 is 17.0 Å². The van der Waals surface area contributed by atoms with Gasteiger partial charge in [0.25, 0.3) is 0 Å². The van der Waals surface area contributed by atoms with Crippen molar-refractivity contribution in [2.24, 2.45) is 35.0 Å². The third kappa shape index (κ3) is 4.74. The van der Waals surface area contributed by atoms with Crippen molar-refractivity contribution in [2.75, 3.05) is 6.61 Å². The summed E-state index contributed by atoms with van der Waals surface area (Å²) in [4.78, 5) is 25.4. The highest BCUT2D eigenvalue weighted by molar-refractivity contribution is 5.80. The SMILES string of the molecule is CCC(CC)(OC(=O)COC(=O)C(C)(CC(C)C)C(C)C)C1CC2CCC1C2. The van der Waals surface area contributed by atoms with Gasteiger partial charge in [-0.25, -0.2) is 4.79 Å². The van der Waals surface area contributed by atoms with Crippen molar-refractivity contribution < 1.29 is 19.1 Å². The summed E-state index contributed by atoms with van der Waals surface area (Å²) in [5.74, 6) is 1.82. The van der Waals surface area contributed by atoms with Gasteiger partial charge in [0, 0.05) is 5.92 Å². The maximum atomic E-state index is 12.8. The molecular formula is C24H42O4. The maximum absolute atomic E-state index is 12.8. The van der Waals surface area contributed by atoms with Crippen LogP contribution in [0, 0.1) is 35.0 Å². The Morgan fingerprint density at radius 3 is 2.11 bits per heavy atom. The molecule has 0 aromatic heterocycles. The number of hydrogen-bond acceptors (Lipinski definition) is 4. The molecule has 0 radical (unpaired) electrons. The molecule has 0 aromatic carbocycles. The van der Waals surface area contributed by atoms with E-state index in [-0.39, 0.29) is 18.5 Å². The van der Waals surface area contributed by atoms with Crippen LogP contribution in [0.5, 0.6) is 0 Å². The molecule has 0 heterocycles. The molecule has 2 fully saturated rings. The van der Waals surface area contributed by atoms with Crippen LogP contribution in [0.1, 0.15) is 93.4 Å². The zero-order chi connectivity index (χ0) is 21.1. The molecule has 4 atom stereocenters. The third-order valence-corrected chi connectivity index (χ3v) is 7.82. The lowest BCUT2D eigenvalue weighted by molar-refractivity contribution is -0.182. The van der Waals surface area contributed by atoms with Crippen LogP contribution < -0.4 is 0 Å². The first kappa shape index (κ1) is 23.2. The number of esters is 2. The molecule has 2 rings (SSSR count). The molecule has 0 spiro atoms. The van der Waals surface area contributed by atoms with Crippen molar-refractivity contribution in [1.29, 1.82) is 0 Å². The Morgan fingerprint density at radius 2 is 1.68 bits per heavy atom. The predicted molar refractivity (Wildman–Crippen MR) is 112 cm³/mol. The first-order chi connectivity index (χ1) is 13.1. The van der Waals surface area contributed by atoms with Gasteiger partial charge in [0.15, 0.2) is 6.61 Å². The van der Waals surface area contributed by atoms with Crippen LogP contribution in [0.15, 0.2) is 0 Å². The van der Waals surface area contributed by atoms with Gasteiger partial charge in [0.1, 0.15) is 5.60 Å². The zero-order valence-electron chi connectivity index (χ0n) is 19.2. The van der Waals surface area contributed by atoms with Gasteiger partial charge >= 0.3 is 11.9 Å². The topological polar surface area (TPSA) is 52.6 Å². The van der Waals surface area contributed by atoms with Crippen LogP contribution >= 0.6 is 0 Å². The van der Waals surface area contributed by atoms with Crippen LogP contribution in [0.25, 0.3) is 0 Å². The highest BCUT2D eigenvalue weighted by Gasteiger charge is 2.51. The van der Waals surface area contributed by atoms with E-state index in [1.54, 1.807) is 0 Å². The van der Waals surface area contributed by atoms with E-state index in [9.17, 15) is 9.59 Å². The molecular weight excluding hydrogens is 352 g/mol. The minimum atomic E-state index is -0.578. The van der Waals surface area contributed by atoms with Crippen molar-refractivity contribution in [3.05, 3.63) is 0 Å². The molecule has 0 saturated heterocycles. The maximum Gasteiger partial charge on any atom is 0.344 e. The third-order valence-electron chi connectivity index (χ3n) is 7.82. The first-order valence-electron chi connectivity index (χ1n) is 11.5. The molecule has 28 heavy (non-hydrogen) atoms. The molecule has 2 aliphatic rings. The molecule has 0 amide bonds. The predicted octanol–water partition coefficient (Wildman–Crippen LogP) is 5.78. The Kier molecular flexibility index (Phi) is 7.61. The molecule has 0 N–H and O–H groups in total. The van der Waals surface area contributed by atoms with Crippen LogP contribution in [0.3, 0.4) is 0 Å². The molecule has 0 aliphatic heterocycles. The molecule has 2 saturated carbocycles. The Labute approximate surface area is 172 Å². The largest absolute Gasteiger partial charge is 0.456 e. The van der Waals surface area contributed by atoms with E-state index in [1.165, 1.54) is 25.7 Å². The first-order valence-corrected chi connectivity index (χ1v) is 11.5. The zero-order valence-corrected chi connectivity index (χ0v) is 19.2. The summed E-state index contributed by atoms with van der Waals surface area (Å²) in [6.45, 7) is 14.2. The van der Waals surface area contributed by atoms with Crippen molar-refractivity contribution in [3.8, 4) is 0 Å². The summed E-state index contributed by atoms with van der Waals surface area (Å²) in [6.07, 6.45) is 7.48. The van der Waals surface area contributed by atoms with E-state index in [1.807, 2.05) is 20.8 Å². The van der Waals surface area contributed by atoms with E-state index >= 15 is 0 Å². The highest BCUT2D eigenvalue weighted by Crippen LogP contribution is 2.54. The number of hydrogen-bond donors (Lipinski definition) is 0. The van der Waals surface area contributed by atoms with Gasteiger partial charge in [-0.2, -0.15) is 0 Å². The van der Waals surface area contributed by atoms with Crippen molar-refractivity contribution in [2.45, 2.75) is 99.0 Å². The fraction of sp³-hybridized carbons (Fsp3) is 0.917. The lowest BCUT2D eigenvalue weighted by atomic mass is 9.73. The summed E-state index contributed by atoms with van der Waals surface area (Å²) in [5, 5.41) is 0. The van der Waals surface area contributed by atoms with E-state index in [0.29, 0.717) is 17.8 Å². The fourth-order valence-electron chi connectivity index (χ4n) is 5.83. The monoisotopic (exact) mass is 394 g/mol. The summed E-state index contributed by atoms with van der Waals surface area (Å²) in [7, 11) is 0. The molecule has 2 aliphatic carbocycles. The average molecular weight is 395 g/mol. The minimum absolute atomic E-state index is 0.151. The standard InChI is InChI=1S/C24H42O4/c1-8-24(9-2,20-13-18-10-11-19(20)12-18)28-21(25)15-27-22(26)23(7,17(5)6)14-16(3)4/h16-20H,8-15H2,1-7H3. The Bertz CT molecular complexity index is 549. The van der Waals surface area contributed by atoms with Crippen molar-refractivity contribution >= 4 is 11.9 Å². The molecule has 4 nitrogen and oxygen atoms in total. The van der Waals surface area contributed by atoms with Gasteiger partial charge in [0.2, 0.25) is 0 Å². The van der Waals surface area contributed by atoms with E-state index in [0.717, 1.165) is 25.2 Å². The minimum Gasteiger partial charge on any atom is -0.456 e. The second-order valence-corrected chi connectivity index (χ2v) is 10.3. The summed E-state index contributed by atoms with van der Waals surface area (Å²) < 4.78 is 11.5. The summed E-state index contributed by atoms with van der Waals surface area (Å²) in [5.41, 5.74) is -0.978. The average Bonchev–Trinajstić information content (AvgIpc) is 3.27. The number of carbonyl (C=O) groups excluding carboxylic acids is 2. The smallest absolute Gasteiger partial charge is 0.344 e. The number of rotatable bonds is 10. The van der Waals surface area contributed by atoms with Gasteiger partial charge in [-0.05, 0) is 69.1 Å². The highest BCUT2D eigenvalue weighted by atomic mass is 16.6. The molecule has 0 aromatic rings. The number of carbonyl (C=O) groups is 2. The molecule has 4 unspecified atom stereocenters. The summed E-state index contributed by atoms with van der Waals surface area (Å²) in [6, 6.07) is 0.